The van der Waals surface area contributed by atoms with Gasteiger partial charge in [-0.2, -0.15) is 0 Å². The zero-order valence-corrected chi connectivity index (χ0v) is 17.1. The molecule has 0 atom stereocenters. The van der Waals surface area contributed by atoms with Crippen LogP contribution in [0.3, 0.4) is 0 Å². The largest absolute Gasteiger partial charge is 0.586 e. The van der Waals surface area contributed by atoms with Gasteiger partial charge in [0.1, 0.15) is 11.4 Å². The number of nitrogens with zero attached hydrogens (tertiary/aromatic N) is 1. The van der Waals surface area contributed by atoms with E-state index in [0.29, 0.717) is 18.0 Å². The number of fused-ring (bicyclic) bond motifs is 1. The highest BCUT2D eigenvalue weighted by molar-refractivity contribution is 6.04. The number of carbonyl (C=O) groups is 1. The third-order valence-corrected chi connectivity index (χ3v) is 4.35. The average molecular weight is 452 g/mol. The van der Waals surface area contributed by atoms with E-state index in [4.69, 9.17) is 0 Å². The Morgan fingerprint density at radius 3 is 2.09 bits per heavy atom. The van der Waals surface area contributed by atoms with Crippen LogP contribution in [0.15, 0.2) is 42.7 Å². The molecule has 0 fully saturated rings. The van der Waals surface area contributed by atoms with Crippen LogP contribution in [0.4, 0.5) is 27.6 Å². The summed E-state index contributed by atoms with van der Waals surface area (Å²) in [5.41, 5.74) is -0.194. The topological polar surface area (TPSA) is 60.5 Å². The van der Waals surface area contributed by atoms with Crippen LogP contribution in [-0.4, -0.2) is 17.2 Å². The van der Waals surface area contributed by atoms with Crippen molar-refractivity contribution in [2.45, 2.75) is 27.1 Å². The predicted octanol–water partition coefficient (Wildman–Crippen LogP) is 6.07. The fraction of sp³-hybridized carbons (Fsp3) is 0.182. The maximum absolute atomic E-state index is 14.7. The summed E-state index contributed by atoms with van der Waals surface area (Å²) in [5.74, 6) is -4.69. The Morgan fingerprint density at radius 2 is 1.50 bits per heavy atom. The van der Waals surface area contributed by atoms with Crippen LogP contribution in [0.1, 0.15) is 29.8 Å². The Morgan fingerprint density at radius 1 is 0.906 bits per heavy atom. The van der Waals surface area contributed by atoms with Gasteiger partial charge in [-0.05, 0) is 48.4 Å². The van der Waals surface area contributed by atoms with Crippen molar-refractivity contribution in [1.82, 2.24) is 4.98 Å². The van der Waals surface area contributed by atoms with Crippen LogP contribution >= 0.6 is 0 Å². The van der Waals surface area contributed by atoms with E-state index in [1.807, 2.05) is 13.8 Å². The zero-order chi connectivity index (χ0) is 23.6. The van der Waals surface area contributed by atoms with Gasteiger partial charge in [-0.3, -0.25) is 9.78 Å². The minimum atomic E-state index is -3.81. The first-order valence-corrected chi connectivity index (χ1v) is 9.45. The Balaban J connectivity index is 0.00000141. The number of aryl methyl sites for hydroxylation is 1. The normalized spacial score (nSPS) is 13.2. The molecule has 2 heterocycles. The van der Waals surface area contributed by atoms with Crippen molar-refractivity contribution in [3.8, 4) is 22.6 Å². The maximum atomic E-state index is 14.7. The van der Waals surface area contributed by atoms with E-state index in [0.717, 1.165) is 6.07 Å². The minimum absolute atomic E-state index is 0.0355. The quantitative estimate of drug-likeness (QED) is 0.490. The number of aromatic nitrogens is 1. The molecular formula is C22H17F5N2O3. The van der Waals surface area contributed by atoms with Crippen LogP contribution in [0.25, 0.3) is 11.1 Å². The van der Waals surface area contributed by atoms with E-state index in [9.17, 15) is 26.7 Å². The van der Waals surface area contributed by atoms with Crippen LogP contribution in [0, 0.1) is 24.4 Å². The highest BCUT2D eigenvalue weighted by Crippen LogP contribution is 2.45. The Bertz CT molecular complexity index is 1160. The van der Waals surface area contributed by atoms with E-state index in [2.05, 4.69) is 19.8 Å². The maximum Gasteiger partial charge on any atom is 0.586 e. The molecule has 5 nitrogen and oxygen atoms in total. The number of halogens is 5. The lowest BCUT2D eigenvalue weighted by atomic mass is 9.99. The van der Waals surface area contributed by atoms with Gasteiger partial charge in [-0.15, -0.1) is 8.78 Å². The number of pyridine rings is 1. The van der Waals surface area contributed by atoms with Crippen molar-refractivity contribution in [3.63, 3.8) is 0 Å². The van der Waals surface area contributed by atoms with Gasteiger partial charge in [-0.25, -0.2) is 13.2 Å². The van der Waals surface area contributed by atoms with E-state index in [1.54, 1.807) is 6.92 Å². The third-order valence-electron chi connectivity index (χ3n) is 4.35. The van der Waals surface area contributed by atoms with E-state index >= 15 is 0 Å². The van der Waals surface area contributed by atoms with Gasteiger partial charge in [0.25, 0.3) is 5.91 Å². The van der Waals surface area contributed by atoms with E-state index < -0.39 is 35.2 Å². The molecule has 0 spiro atoms. The van der Waals surface area contributed by atoms with Crippen LogP contribution < -0.4 is 14.8 Å². The predicted molar refractivity (Wildman–Crippen MR) is 106 cm³/mol. The van der Waals surface area contributed by atoms with E-state index in [-0.39, 0.29) is 28.3 Å². The van der Waals surface area contributed by atoms with E-state index in [1.165, 1.54) is 24.3 Å². The summed E-state index contributed by atoms with van der Waals surface area (Å²) in [6.45, 7) is 5.57. The first-order valence-electron chi connectivity index (χ1n) is 9.45. The second-order valence-corrected chi connectivity index (χ2v) is 6.41. The lowest BCUT2D eigenvalue weighted by Gasteiger charge is -2.11. The molecule has 32 heavy (non-hydrogen) atoms. The third kappa shape index (κ3) is 4.48. The van der Waals surface area contributed by atoms with Gasteiger partial charge in [-0.1, -0.05) is 13.8 Å². The number of alkyl halides is 2. The molecule has 1 N–H and O–H groups in total. The zero-order valence-electron chi connectivity index (χ0n) is 17.1. The summed E-state index contributed by atoms with van der Waals surface area (Å²) in [6, 6.07) is 6.02. The number of amides is 1. The van der Waals surface area contributed by atoms with Gasteiger partial charge in [0.15, 0.2) is 23.1 Å². The van der Waals surface area contributed by atoms with Crippen LogP contribution in [-0.2, 0) is 0 Å². The highest BCUT2D eigenvalue weighted by Gasteiger charge is 2.43. The Labute approximate surface area is 179 Å². The molecule has 1 aliphatic rings. The fourth-order valence-electron chi connectivity index (χ4n) is 3.02. The highest BCUT2D eigenvalue weighted by atomic mass is 19.3. The van der Waals surface area contributed by atoms with Crippen molar-refractivity contribution in [1.29, 1.82) is 0 Å². The molecule has 0 saturated carbocycles. The number of nitrogens with one attached hydrogen (secondary N) is 1. The van der Waals surface area contributed by atoms with Gasteiger partial charge in [0.05, 0.1) is 12.4 Å². The molecular weight excluding hydrogens is 435 g/mol. The fourth-order valence-corrected chi connectivity index (χ4v) is 3.02. The molecule has 1 aliphatic heterocycles. The van der Waals surface area contributed by atoms with Crippen molar-refractivity contribution >= 4 is 11.6 Å². The molecule has 0 radical (unpaired) electrons. The Kier molecular flexibility index (Phi) is 6.33. The molecule has 168 valence electrons. The molecule has 1 amide bonds. The summed E-state index contributed by atoms with van der Waals surface area (Å²) < 4.78 is 77.2. The molecule has 0 unspecified atom stereocenters. The molecule has 0 bridgehead atoms. The first kappa shape index (κ1) is 23.0. The number of benzene rings is 2. The molecule has 4 rings (SSSR count). The summed E-state index contributed by atoms with van der Waals surface area (Å²) >= 11 is 0. The minimum Gasteiger partial charge on any atom is -0.395 e. The lowest BCUT2D eigenvalue weighted by molar-refractivity contribution is -0.286. The molecule has 0 saturated heterocycles. The average Bonchev–Trinajstić information content (AvgIpc) is 3.02. The first-order chi connectivity index (χ1) is 15.1. The van der Waals surface area contributed by atoms with Crippen molar-refractivity contribution in [2.24, 2.45) is 0 Å². The summed E-state index contributed by atoms with van der Waals surface area (Å²) in [5, 5.41) is 2.20. The number of carbonyl (C=O) groups excluding carboxylic acids is 1. The van der Waals surface area contributed by atoms with Gasteiger partial charge >= 0.3 is 6.29 Å². The van der Waals surface area contributed by atoms with Gasteiger partial charge in [0.2, 0.25) is 0 Å². The number of hydrogen-bond donors (Lipinski definition) is 1. The second-order valence-electron chi connectivity index (χ2n) is 6.41. The molecule has 10 heteroatoms. The molecule has 3 aromatic rings. The number of ether oxygens (including phenoxy) is 2. The summed E-state index contributed by atoms with van der Waals surface area (Å²) in [6.07, 6.45) is -2.46. The van der Waals surface area contributed by atoms with Gasteiger partial charge in [0, 0.05) is 11.3 Å². The molecule has 1 aromatic heterocycles. The lowest BCUT2D eigenvalue weighted by Crippen LogP contribution is -2.25. The standard InChI is InChI=1S/C20H11F5N2O3.C2H6/c1-9-4-16-17(30-20(24,25)29-16)6-12(9)11-3-2-10(5-13(11)21)27-19(28)18-14(22)7-26-8-15(18)23;1-2/h2-8H,1H3,(H,27,28);1-2H3. The molecule has 2 aromatic carbocycles. The van der Waals surface area contributed by atoms with Crippen molar-refractivity contribution < 1.29 is 36.2 Å². The number of anilines is 1. The van der Waals surface area contributed by atoms with Crippen molar-refractivity contribution in [3.05, 3.63) is 71.3 Å². The smallest absolute Gasteiger partial charge is 0.395 e. The van der Waals surface area contributed by atoms with Crippen LogP contribution in [0.2, 0.25) is 0 Å². The summed E-state index contributed by atoms with van der Waals surface area (Å²) in [7, 11) is 0. The summed E-state index contributed by atoms with van der Waals surface area (Å²) in [4.78, 5) is 15.4. The monoisotopic (exact) mass is 452 g/mol. The SMILES string of the molecule is CC.Cc1cc2c(cc1-c1ccc(NC(=O)c3c(F)cncc3F)cc1F)OC(F)(F)O2. The number of rotatable bonds is 3. The van der Waals surface area contributed by atoms with Gasteiger partial charge < -0.3 is 14.8 Å². The van der Waals surface area contributed by atoms with Crippen molar-refractivity contribution in [2.75, 3.05) is 5.32 Å². The molecule has 0 aliphatic carbocycles. The van der Waals surface area contributed by atoms with Crippen LogP contribution in [0.5, 0.6) is 11.5 Å². The Hall–Kier alpha value is -3.69. The second kappa shape index (κ2) is 8.81. The number of hydrogen-bond acceptors (Lipinski definition) is 4.